The molecule has 1 N–H and O–H groups in total. The number of carbonyl (C=O) groups is 1. The second-order valence-electron chi connectivity index (χ2n) is 5.93. The van der Waals surface area contributed by atoms with Crippen LogP contribution in [0.3, 0.4) is 0 Å². The first-order valence-corrected chi connectivity index (χ1v) is 9.41. The summed E-state index contributed by atoms with van der Waals surface area (Å²) in [6.45, 7) is 2.93. The molecule has 0 saturated carbocycles. The second kappa shape index (κ2) is 6.79. The van der Waals surface area contributed by atoms with Crippen molar-refractivity contribution in [3.05, 3.63) is 57.3 Å². The Kier molecular flexibility index (Phi) is 5.23. The Labute approximate surface area is 149 Å². The smallest absolute Gasteiger partial charge is 0.416 e. The maximum atomic E-state index is 13.5. The van der Waals surface area contributed by atoms with Crippen molar-refractivity contribution in [3.8, 4) is 0 Å². The first kappa shape index (κ1) is 20.0. The molecule has 0 saturated heterocycles. The Hall–Kier alpha value is -2.29. The van der Waals surface area contributed by atoms with Crippen molar-refractivity contribution >= 4 is 15.8 Å². The standard InChI is InChI=1S/C17H18F3NO4S/c1-9-13(16(22)25-3)14(15(10(2)21-9)26(4,23)24)11-7-5-6-8-12(11)17(18,19)20/h5-8,14,21H,1-4H3. The number of esters is 1. The summed E-state index contributed by atoms with van der Waals surface area (Å²) in [7, 11) is -2.84. The molecule has 0 aliphatic carbocycles. The van der Waals surface area contributed by atoms with Gasteiger partial charge in [0, 0.05) is 17.6 Å². The summed E-state index contributed by atoms with van der Waals surface area (Å²) in [6, 6.07) is 4.61. The average Bonchev–Trinajstić information content (AvgIpc) is 2.51. The summed E-state index contributed by atoms with van der Waals surface area (Å²) in [5.41, 5.74) is -1.09. The van der Waals surface area contributed by atoms with E-state index in [4.69, 9.17) is 4.74 Å². The van der Waals surface area contributed by atoms with Crippen molar-refractivity contribution in [2.45, 2.75) is 25.9 Å². The summed E-state index contributed by atoms with van der Waals surface area (Å²) in [5.74, 6) is -2.32. The van der Waals surface area contributed by atoms with Gasteiger partial charge in [-0.15, -0.1) is 0 Å². The lowest BCUT2D eigenvalue weighted by atomic mass is 9.84. The number of ether oxygens (including phenoxy) is 1. The van der Waals surface area contributed by atoms with E-state index in [1.165, 1.54) is 32.0 Å². The molecule has 1 aliphatic heterocycles. The molecule has 1 heterocycles. The first-order valence-electron chi connectivity index (χ1n) is 7.52. The van der Waals surface area contributed by atoms with Crippen molar-refractivity contribution in [1.29, 1.82) is 0 Å². The number of hydrogen-bond acceptors (Lipinski definition) is 5. The van der Waals surface area contributed by atoms with Gasteiger partial charge in [0.15, 0.2) is 9.84 Å². The van der Waals surface area contributed by atoms with Crippen LogP contribution in [0.2, 0.25) is 0 Å². The molecule has 142 valence electrons. The predicted molar refractivity (Wildman–Crippen MR) is 89.6 cm³/mol. The highest BCUT2D eigenvalue weighted by Gasteiger charge is 2.43. The van der Waals surface area contributed by atoms with Gasteiger partial charge in [-0.2, -0.15) is 13.2 Å². The van der Waals surface area contributed by atoms with E-state index in [9.17, 15) is 26.4 Å². The van der Waals surface area contributed by atoms with E-state index >= 15 is 0 Å². The van der Waals surface area contributed by atoms with Crippen molar-refractivity contribution in [2.24, 2.45) is 0 Å². The number of hydrogen-bond donors (Lipinski definition) is 1. The Morgan fingerprint density at radius 1 is 1.15 bits per heavy atom. The van der Waals surface area contributed by atoms with Gasteiger partial charge < -0.3 is 10.1 Å². The van der Waals surface area contributed by atoms with Crippen LogP contribution in [0.15, 0.2) is 46.1 Å². The van der Waals surface area contributed by atoms with Crippen LogP contribution in [0.25, 0.3) is 0 Å². The number of methoxy groups -OCH3 is 1. The number of halogens is 3. The van der Waals surface area contributed by atoms with Crippen LogP contribution in [-0.2, 0) is 25.5 Å². The topological polar surface area (TPSA) is 72.5 Å². The molecule has 0 bridgehead atoms. The Morgan fingerprint density at radius 2 is 1.73 bits per heavy atom. The largest absolute Gasteiger partial charge is 0.466 e. The third-order valence-corrected chi connectivity index (χ3v) is 5.42. The van der Waals surface area contributed by atoms with Crippen molar-refractivity contribution < 1.29 is 31.1 Å². The molecule has 0 amide bonds. The number of dihydropyridines is 1. The molecular weight excluding hydrogens is 371 g/mol. The zero-order valence-electron chi connectivity index (χ0n) is 14.6. The van der Waals surface area contributed by atoms with Gasteiger partial charge in [-0.25, -0.2) is 13.2 Å². The molecular formula is C17H18F3NO4S. The van der Waals surface area contributed by atoms with E-state index in [2.05, 4.69) is 5.32 Å². The van der Waals surface area contributed by atoms with Gasteiger partial charge >= 0.3 is 12.1 Å². The number of sulfone groups is 1. The van der Waals surface area contributed by atoms with E-state index in [1.54, 1.807) is 0 Å². The van der Waals surface area contributed by atoms with Gasteiger partial charge in [0.25, 0.3) is 0 Å². The average molecular weight is 389 g/mol. The van der Waals surface area contributed by atoms with Crippen LogP contribution in [0, 0.1) is 0 Å². The van der Waals surface area contributed by atoms with E-state index < -0.39 is 33.5 Å². The van der Waals surface area contributed by atoms with Crippen LogP contribution in [0.1, 0.15) is 30.9 Å². The quantitative estimate of drug-likeness (QED) is 0.805. The number of carbonyl (C=O) groups excluding carboxylic acids is 1. The summed E-state index contributed by atoms with van der Waals surface area (Å²) >= 11 is 0. The number of allylic oxidation sites excluding steroid dienone is 3. The van der Waals surface area contributed by atoms with Gasteiger partial charge in [-0.05, 0) is 25.5 Å². The zero-order chi connectivity index (χ0) is 19.9. The minimum Gasteiger partial charge on any atom is -0.466 e. The highest BCUT2D eigenvalue weighted by molar-refractivity contribution is 7.94. The van der Waals surface area contributed by atoms with Gasteiger partial charge in [-0.1, -0.05) is 18.2 Å². The van der Waals surface area contributed by atoms with E-state index in [0.717, 1.165) is 19.4 Å². The Balaban J connectivity index is 2.90. The molecule has 9 heteroatoms. The van der Waals surface area contributed by atoms with Crippen molar-refractivity contribution in [2.75, 3.05) is 13.4 Å². The summed E-state index contributed by atoms with van der Waals surface area (Å²) < 4.78 is 70.0. The van der Waals surface area contributed by atoms with Crippen molar-refractivity contribution in [1.82, 2.24) is 5.32 Å². The molecule has 26 heavy (non-hydrogen) atoms. The van der Waals surface area contributed by atoms with Crippen LogP contribution < -0.4 is 5.32 Å². The fourth-order valence-corrected chi connectivity index (χ4v) is 4.43. The fraction of sp³-hybridized carbons (Fsp3) is 0.353. The minimum atomic E-state index is -4.72. The lowest BCUT2D eigenvalue weighted by Crippen LogP contribution is -2.32. The minimum absolute atomic E-state index is 0.166. The maximum Gasteiger partial charge on any atom is 0.416 e. The highest BCUT2D eigenvalue weighted by atomic mass is 32.2. The molecule has 0 radical (unpaired) electrons. The van der Waals surface area contributed by atoms with Crippen molar-refractivity contribution in [3.63, 3.8) is 0 Å². The Bertz CT molecular complexity index is 914. The molecule has 2 rings (SSSR count). The predicted octanol–water partition coefficient (Wildman–Crippen LogP) is 3.12. The first-order chi connectivity index (χ1) is 11.9. The molecule has 5 nitrogen and oxygen atoms in total. The number of nitrogens with one attached hydrogen (secondary N) is 1. The number of benzene rings is 1. The second-order valence-corrected chi connectivity index (χ2v) is 7.92. The summed E-state index contributed by atoms with van der Waals surface area (Å²) in [6.07, 6.45) is -3.82. The van der Waals surface area contributed by atoms with E-state index in [1.807, 2.05) is 0 Å². The maximum absolute atomic E-state index is 13.5. The van der Waals surface area contributed by atoms with E-state index in [0.29, 0.717) is 0 Å². The molecule has 0 spiro atoms. The molecule has 1 atom stereocenters. The van der Waals surface area contributed by atoms with Gasteiger partial charge in [0.2, 0.25) is 0 Å². The number of alkyl halides is 3. The molecule has 1 aliphatic rings. The summed E-state index contributed by atoms with van der Waals surface area (Å²) in [4.78, 5) is 12.0. The molecule has 1 unspecified atom stereocenters. The van der Waals surface area contributed by atoms with Crippen LogP contribution >= 0.6 is 0 Å². The normalized spacial score (nSPS) is 18.7. The Morgan fingerprint density at radius 3 is 2.23 bits per heavy atom. The van der Waals surface area contributed by atoms with Gasteiger partial charge in [0.05, 0.1) is 29.1 Å². The van der Waals surface area contributed by atoms with Gasteiger partial charge in [0.1, 0.15) is 0 Å². The lowest BCUT2D eigenvalue weighted by molar-refractivity contribution is -0.139. The molecule has 1 aromatic rings. The zero-order valence-corrected chi connectivity index (χ0v) is 15.4. The monoisotopic (exact) mass is 389 g/mol. The molecule has 0 aromatic heterocycles. The lowest BCUT2D eigenvalue weighted by Gasteiger charge is -2.31. The highest BCUT2D eigenvalue weighted by Crippen LogP contribution is 2.45. The molecule has 1 aromatic carbocycles. The third-order valence-electron chi connectivity index (χ3n) is 4.08. The van der Waals surface area contributed by atoms with Crippen LogP contribution in [-0.4, -0.2) is 27.8 Å². The van der Waals surface area contributed by atoms with Crippen LogP contribution in [0.5, 0.6) is 0 Å². The number of rotatable bonds is 3. The van der Waals surface area contributed by atoms with Gasteiger partial charge in [-0.3, -0.25) is 0 Å². The van der Waals surface area contributed by atoms with E-state index in [-0.39, 0.29) is 27.4 Å². The van der Waals surface area contributed by atoms with Crippen LogP contribution in [0.4, 0.5) is 13.2 Å². The fourth-order valence-electron chi connectivity index (χ4n) is 3.15. The summed E-state index contributed by atoms with van der Waals surface area (Å²) in [5, 5.41) is 2.76. The SMILES string of the molecule is COC(=O)C1=C(C)NC(C)=C(S(C)(=O)=O)C1c1ccccc1C(F)(F)F. The molecule has 0 fully saturated rings. The third kappa shape index (κ3) is 3.62.